The summed E-state index contributed by atoms with van der Waals surface area (Å²) in [5.41, 5.74) is 0.636. The molecule has 0 aromatic heterocycles. The molecule has 1 aromatic rings. The van der Waals surface area contributed by atoms with Crippen LogP contribution in [0.2, 0.25) is 0 Å². The molecule has 0 fully saturated rings. The molecule has 6 heteroatoms. The number of nitro benzene ring substituents is 1. The molecule has 0 unspecified atom stereocenters. The Balaban J connectivity index is 2.15. The molecule has 20 heavy (non-hydrogen) atoms. The Morgan fingerprint density at radius 3 is 2.50 bits per heavy atom. The number of carboxylic acid groups (broad SMARTS) is 1. The minimum absolute atomic E-state index is 0.0916. The Morgan fingerprint density at radius 2 is 1.80 bits per heavy atom. The second-order valence-electron chi connectivity index (χ2n) is 4.61. The predicted octanol–water partition coefficient (Wildman–Crippen LogP) is 3.43. The van der Waals surface area contributed by atoms with Crippen LogP contribution in [0.5, 0.6) is 0 Å². The number of benzene rings is 1. The first-order chi connectivity index (χ1) is 9.61. The van der Waals surface area contributed by atoms with E-state index in [2.05, 4.69) is 5.32 Å². The molecular formula is C14H20N2O4. The van der Waals surface area contributed by atoms with Crippen molar-refractivity contribution in [2.24, 2.45) is 0 Å². The molecule has 0 saturated carbocycles. The van der Waals surface area contributed by atoms with Gasteiger partial charge >= 0.3 is 5.97 Å². The first-order valence-electron chi connectivity index (χ1n) is 6.80. The van der Waals surface area contributed by atoms with Crippen molar-refractivity contribution in [3.05, 3.63) is 34.4 Å². The van der Waals surface area contributed by atoms with Gasteiger partial charge in [-0.2, -0.15) is 0 Å². The van der Waals surface area contributed by atoms with Crippen LogP contribution in [-0.2, 0) is 4.79 Å². The fourth-order valence-electron chi connectivity index (χ4n) is 1.94. The molecule has 0 heterocycles. The molecule has 0 saturated heterocycles. The van der Waals surface area contributed by atoms with Crippen LogP contribution in [0.4, 0.5) is 11.4 Å². The van der Waals surface area contributed by atoms with Crippen molar-refractivity contribution in [3.63, 3.8) is 0 Å². The minimum atomic E-state index is -0.747. The number of anilines is 1. The lowest BCUT2D eigenvalue weighted by atomic mass is 10.1. The molecule has 1 rings (SSSR count). The second kappa shape index (κ2) is 8.90. The maximum absolute atomic E-state index is 10.8. The number of nitrogens with zero attached hydrogens (tertiary/aromatic N) is 1. The average Bonchev–Trinajstić information content (AvgIpc) is 2.41. The second-order valence-corrected chi connectivity index (χ2v) is 4.61. The highest BCUT2D eigenvalue weighted by atomic mass is 16.6. The number of carboxylic acids is 1. The summed E-state index contributed by atoms with van der Waals surface area (Å²) in [4.78, 5) is 20.7. The highest BCUT2D eigenvalue weighted by Gasteiger charge is 2.10. The van der Waals surface area contributed by atoms with Gasteiger partial charge in [0, 0.05) is 19.0 Å². The van der Waals surface area contributed by atoms with E-state index in [-0.39, 0.29) is 12.1 Å². The molecule has 2 N–H and O–H groups in total. The Morgan fingerprint density at radius 1 is 1.15 bits per heavy atom. The largest absolute Gasteiger partial charge is 0.481 e. The van der Waals surface area contributed by atoms with Crippen LogP contribution in [-0.4, -0.2) is 22.5 Å². The SMILES string of the molecule is O=C(O)CCCCCCCNc1ccccc1[N+](=O)[O-]. The Bertz CT molecular complexity index is 449. The number of nitrogens with one attached hydrogen (secondary N) is 1. The first kappa shape index (κ1) is 15.9. The molecule has 0 radical (unpaired) electrons. The zero-order valence-electron chi connectivity index (χ0n) is 11.4. The van der Waals surface area contributed by atoms with E-state index in [4.69, 9.17) is 5.11 Å². The zero-order chi connectivity index (χ0) is 14.8. The van der Waals surface area contributed by atoms with Crippen molar-refractivity contribution in [3.8, 4) is 0 Å². The van der Waals surface area contributed by atoms with Gasteiger partial charge < -0.3 is 10.4 Å². The van der Waals surface area contributed by atoms with Gasteiger partial charge in [-0.05, 0) is 18.9 Å². The quantitative estimate of drug-likeness (QED) is 0.389. The number of unbranched alkanes of at least 4 members (excludes halogenated alkanes) is 4. The molecule has 0 aliphatic carbocycles. The number of aliphatic carboxylic acids is 1. The molecule has 1 aromatic carbocycles. The standard InChI is InChI=1S/C14H20N2O4/c17-14(18)10-4-2-1-3-7-11-15-12-8-5-6-9-13(12)16(19)20/h5-6,8-9,15H,1-4,7,10-11H2,(H,17,18). The maximum atomic E-state index is 10.8. The van der Waals surface area contributed by atoms with E-state index < -0.39 is 10.9 Å². The fourth-order valence-corrected chi connectivity index (χ4v) is 1.94. The molecule has 6 nitrogen and oxygen atoms in total. The number of para-hydroxylation sites is 2. The Kier molecular flexibility index (Phi) is 7.10. The molecule has 0 bridgehead atoms. The monoisotopic (exact) mass is 280 g/mol. The van der Waals surface area contributed by atoms with E-state index in [0.29, 0.717) is 18.7 Å². The van der Waals surface area contributed by atoms with Crippen molar-refractivity contribution in [1.29, 1.82) is 0 Å². The van der Waals surface area contributed by atoms with Gasteiger partial charge in [-0.25, -0.2) is 0 Å². The zero-order valence-corrected chi connectivity index (χ0v) is 11.4. The van der Waals surface area contributed by atoms with Gasteiger partial charge in [0.15, 0.2) is 0 Å². The van der Waals surface area contributed by atoms with Gasteiger partial charge in [-0.3, -0.25) is 14.9 Å². The topological polar surface area (TPSA) is 92.5 Å². The normalized spacial score (nSPS) is 10.2. The van der Waals surface area contributed by atoms with Gasteiger partial charge in [0.2, 0.25) is 0 Å². The maximum Gasteiger partial charge on any atom is 0.303 e. The van der Waals surface area contributed by atoms with E-state index in [1.54, 1.807) is 18.2 Å². The van der Waals surface area contributed by atoms with E-state index in [1.807, 2.05) is 0 Å². The van der Waals surface area contributed by atoms with E-state index in [0.717, 1.165) is 25.7 Å². The van der Waals surface area contributed by atoms with Crippen LogP contribution < -0.4 is 5.32 Å². The summed E-state index contributed by atoms with van der Waals surface area (Å²) in [5.74, 6) is -0.747. The van der Waals surface area contributed by atoms with Gasteiger partial charge in [0.05, 0.1) is 4.92 Å². The van der Waals surface area contributed by atoms with Gasteiger partial charge in [0.1, 0.15) is 5.69 Å². The summed E-state index contributed by atoms with van der Waals surface area (Å²) >= 11 is 0. The average molecular weight is 280 g/mol. The summed E-state index contributed by atoms with van der Waals surface area (Å²) < 4.78 is 0. The van der Waals surface area contributed by atoms with Gasteiger partial charge in [-0.15, -0.1) is 0 Å². The van der Waals surface area contributed by atoms with Crippen molar-refractivity contribution in [1.82, 2.24) is 0 Å². The predicted molar refractivity (Wildman–Crippen MR) is 76.9 cm³/mol. The summed E-state index contributed by atoms with van der Waals surface area (Å²) in [6.07, 6.45) is 4.76. The highest BCUT2D eigenvalue weighted by Crippen LogP contribution is 2.23. The van der Waals surface area contributed by atoms with Crippen molar-refractivity contribution >= 4 is 17.3 Å². The van der Waals surface area contributed by atoms with Crippen LogP contribution in [0.25, 0.3) is 0 Å². The molecular weight excluding hydrogens is 260 g/mol. The molecule has 110 valence electrons. The smallest absolute Gasteiger partial charge is 0.303 e. The lowest BCUT2D eigenvalue weighted by Crippen LogP contribution is -2.04. The molecule has 0 spiro atoms. The third-order valence-electron chi connectivity index (χ3n) is 2.98. The number of rotatable bonds is 10. The minimum Gasteiger partial charge on any atom is -0.481 e. The van der Waals surface area contributed by atoms with Crippen molar-refractivity contribution in [2.75, 3.05) is 11.9 Å². The van der Waals surface area contributed by atoms with Crippen LogP contribution >= 0.6 is 0 Å². The van der Waals surface area contributed by atoms with Crippen LogP contribution in [0.1, 0.15) is 38.5 Å². The summed E-state index contributed by atoms with van der Waals surface area (Å²) in [5, 5.41) is 22.4. The molecule has 0 aliphatic heterocycles. The fraction of sp³-hybridized carbons (Fsp3) is 0.500. The summed E-state index contributed by atoms with van der Waals surface area (Å²) in [6.45, 7) is 0.684. The number of hydrogen-bond acceptors (Lipinski definition) is 4. The first-order valence-corrected chi connectivity index (χ1v) is 6.80. The van der Waals surface area contributed by atoms with E-state index in [1.165, 1.54) is 6.07 Å². The third kappa shape index (κ3) is 6.17. The lowest BCUT2D eigenvalue weighted by Gasteiger charge is -2.06. The molecule has 0 amide bonds. The van der Waals surface area contributed by atoms with Crippen molar-refractivity contribution in [2.45, 2.75) is 38.5 Å². The van der Waals surface area contributed by atoms with Gasteiger partial charge in [0.25, 0.3) is 5.69 Å². The third-order valence-corrected chi connectivity index (χ3v) is 2.98. The van der Waals surface area contributed by atoms with Crippen LogP contribution in [0.3, 0.4) is 0 Å². The number of carbonyl (C=O) groups is 1. The number of nitro groups is 1. The van der Waals surface area contributed by atoms with Gasteiger partial charge in [-0.1, -0.05) is 31.4 Å². The van der Waals surface area contributed by atoms with Crippen LogP contribution in [0.15, 0.2) is 24.3 Å². The lowest BCUT2D eigenvalue weighted by molar-refractivity contribution is -0.384. The Labute approximate surface area is 118 Å². The summed E-state index contributed by atoms with van der Waals surface area (Å²) in [6, 6.07) is 6.59. The Hall–Kier alpha value is -2.11. The van der Waals surface area contributed by atoms with Crippen LogP contribution in [0, 0.1) is 10.1 Å². The van der Waals surface area contributed by atoms with Crippen molar-refractivity contribution < 1.29 is 14.8 Å². The van der Waals surface area contributed by atoms with E-state index in [9.17, 15) is 14.9 Å². The van der Waals surface area contributed by atoms with E-state index >= 15 is 0 Å². The number of hydrogen-bond donors (Lipinski definition) is 2. The molecule has 0 aliphatic rings. The summed E-state index contributed by atoms with van der Waals surface area (Å²) in [7, 11) is 0. The highest BCUT2D eigenvalue weighted by molar-refractivity contribution is 5.66. The molecule has 0 atom stereocenters.